The first-order valence-corrected chi connectivity index (χ1v) is 7.99. The molecule has 0 bridgehead atoms. The third kappa shape index (κ3) is 2.46. The van der Waals surface area contributed by atoms with Crippen molar-refractivity contribution in [1.82, 2.24) is 9.88 Å². The second-order valence-corrected chi connectivity index (χ2v) is 6.83. The van der Waals surface area contributed by atoms with Crippen LogP contribution < -0.4 is 5.73 Å². The molecule has 1 aromatic heterocycles. The Morgan fingerprint density at radius 1 is 1.44 bits per heavy atom. The van der Waals surface area contributed by atoms with Crippen LogP contribution in [0.3, 0.4) is 0 Å². The summed E-state index contributed by atoms with van der Waals surface area (Å²) < 4.78 is 0. The predicted molar refractivity (Wildman–Crippen MR) is 75.8 cm³/mol. The molecule has 0 aromatic carbocycles. The Labute approximate surface area is 113 Å². The number of hydrogen-bond donors (Lipinski definition) is 1. The van der Waals surface area contributed by atoms with Gasteiger partial charge in [0.1, 0.15) is 0 Å². The third-order valence-corrected chi connectivity index (χ3v) is 5.72. The molecular weight excluding hydrogens is 242 g/mol. The highest BCUT2D eigenvalue weighted by Crippen LogP contribution is 2.35. The molecule has 3 atom stereocenters. The van der Waals surface area contributed by atoms with Crippen molar-refractivity contribution in [3.63, 3.8) is 0 Å². The van der Waals surface area contributed by atoms with E-state index in [2.05, 4.69) is 16.8 Å². The highest BCUT2D eigenvalue weighted by molar-refractivity contribution is 7.09. The van der Waals surface area contributed by atoms with Gasteiger partial charge in [-0.25, -0.2) is 4.98 Å². The van der Waals surface area contributed by atoms with Gasteiger partial charge < -0.3 is 10.6 Å². The summed E-state index contributed by atoms with van der Waals surface area (Å²) in [4.78, 5) is 8.40. The fourth-order valence-electron chi connectivity index (χ4n) is 3.62. The maximum absolute atomic E-state index is 6.26. The number of rotatable bonds is 3. The van der Waals surface area contributed by atoms with Crippen LogP contribution in [0.1, 0.15) is 29.8 Å². The number of aryl methyl sites for hydroxylation is 1. The molecule has 2 N–H and O–H groups in total. The van der Waals surface area contributed by atoms with Crippen LogP contribution in [0, 0.1) is 18.8 Å². The van der Waals surface area contributed by atoms with E-state index in [1.807, 2.05) is 5.51 Å². The summed E-state index contributed by atoms with van der Waals surface area (Å²) >= 11 is 1.80. The summed E-state index contributed by atoms with van der Waals surface area (Å²) in [6.45, 7) is 5.80. The minimum atomic E-state index is 0.457. The van der Waals surface area contributed by atoms with Crippen molar-refractivity contribution in [2.24, 2.45) is 17.6 Å². The fraction of sp³-hybridized carbons (Fsp3) is 0.786. The number of nitrogens with zero attached hydrogens (tertiary/aromatic N) is 2. The zero-order valence-electron chi connectivity index (χ0n) is 11.1. The molecule has 2 fully saturated rings. The zero-order valence-corrected chi connectivity index (χ0v) is 12.0. The SMILES string of the molecule is Cc1ncsc1CCN1CC2CCCC(N)C2C1. The van der Waals surface area contributed by atoms with Crippen LogP contribution in [0.4, 0.5) is 0 Å². The second kappa shape index (κ2) is 5.27. The van der Waals surface area contributed by atoms with E-state index in [1.54, 1.807) is 11.3 Å². The molecule has 4 heteroatoms. The van der Waals surface area contributed by atoms with Crippen LogP contribution in [0.2, 0.25) is 0 Å². The van der Waals surface area contributed by atoms with Gasteiger partial charge in [0.2, 0.25) is 0 Å². The van der Waals surface area contributed by atoms with E-state index in [4.69, 9.17) is 5.73 Å². The van der Waals surface area contributed by atoms with Gasteiger partial charge >= 0.3 is 0 Å². The van der Waals surface area contributed by atoms with Crippen molar-refractivity contribution in [2.45, 2.75) is 38.6 Å². The molecule has 3 rings (SSSR count). The van der Waals surface area contributed by atoms with Crippen LogP contribution in [-0.2, 0) is 6.42 Å². The molecular formula is C14H23N3S. The van der Waals surface area contributed by atoms with Gasteiger partial charge in [-0.15, -0.1) is 11.3 Å². The molecule has 1 aromatic rings. The number of hydrogen-bond acceptors (Lipinski definition) is 4. The zero-order chi connectivity index (χ0) is 12.5. The van der Waals surface area contributed by atoms with Crippen LogP contribution in [0.25, 0.3) is 0 Å². The molecule has 0 amide bonds. The summed E-state index contributed by atoms with van der Waals surface area (Å²) in [6.07, 6.45) is 5.13. The molecule has 3 unspecified atom stereocenters. The average molecular weight is 265 g/mol. The van der Waals surface area contributed by atoms with Crippen LogP contribution >= 0.6 is 11.3 Å². The summed E-state index contributed by atoms with van der Waals surface area (Å²) in [5, 5.41) is 0. The molecule has 1 saturated carbocycles. The maximum Gasteiger partial charge on any atom is 0.0797 e. The molecule has 2 aliphatic rings. The number of thiazole rings is 1. The molecule has 1 aliphatic carbocycles. The smallest absolute Gasteiger partial charge is 0.0797 e. The maximum atomic E-state index is 6.26. The Morgan fingerprint density at radius 3 is 3.06 bits per heavy atom. The first kappa shape index (κ1) is 12.6. The van der Waals surface area contributed by atoms with Gasteiger partial charge in [0.25, 0.3) is 0 Å². The van der Waals surface area contributed by atoms with Crippen LogP contribution in [0.5, 0.6) is 0 Å². The lowest BCUT2D eigenvalue weighted by atomic mass is 9.78. The van der Waals surface area contributed by atoms with Gasteiger partial charge in [-0.2, -0.15) is 0 Å². The second-order valence-electron chi connectivity index (χ2n) is 5.89. The molecule has 1 aliphatic heterocycles. The Morgan fingerprint density at radius 2 is 2.33 bits per heavy atom. The van der Waals surface area contributed by atoms with Gasteiger partial charge in [0.15, 0.2) is 0 Å². The summed E-state index contributed by atoms with van der Waals surface area (Å²) in [5.41, 5.74) is 9.44. The summed E-state index contributed by atoms with van der Waals surface area (Å²) in [6, 6.07) is 0.457. The van der Waals surface area contributed by atoms with Gasteiger partial charge in [-0.05, 0) is 38.0 Å². The topological polar surface area (TPSA) is 42.2 Å². The first-order chi connectivity index (χ1) is 8.74. The number of nitrogens with two attached hydrogens (primary N) is 1. The Kier molecular flexibility index (Phi) is 3.68. The van der Waals surface area contributed by atoms with Crippen molar-refractivity contribution in [1.29, 1.82) is 0 Å². The number of fused-ring (bicyclic) bond motifs is 1. The Balaban J connectivity index is 1.54. The van der Waals surface area contributed by atoms with Crippen molar-refractivity contribution in [3.05, 3.63) is 16.1 Å². The van der Waals surface area contributed by atoms with Gasteiger partial charge in [-0.3, -0.25) is 0 Å². The Hall–Kier alpha value is -0.450. The highest BCUT2D eigenvalue weighted by Gasteiger charge is 2.38. The normalized spacial score (nSPS) is 32.7. The molecule has 0 radical (unpaired) electrons. The minimum absolute atomic E-state index is 0.457. The standard InChI is InChI=1S/C14H23N3S/c1-10-14(18-9-16-10)5-6-17-7-11-3-2-4-13(15)12(11)8-17/h9,11-13H,2-8,15H2,1H3. The average Bonchev–Trinajstić information content (AvgIpc) is 2.93. The fourth-order valence-corrected chi connectivity index (χ4v) is 4.39. The Bertz CT molecular complexity index is 403. The van der Waals surface area contributed by atoms with E-state index in [0.717, 1.165) is 18.3 Å². The van der Waals surface area contributed by atoms with Gasteiger partial charge in [0, 0.05) is 30.6 Å². The highest BCUT2D eigenvalue weighted by atomic mass is 32.1. The van der Waals surface area contributed by atoms with E-state index in [-0.39, 0.29) is 0 Å². The molecule has 0 spiro atoms. The van der Waals surface area contributed by atoms with Crippen molar-refractivity contribution < 1.29 is 0 Å². The van der Waals surface area contributed by atoms with E-state index in [0.29, 0.717) is 6.04 Å². The summed E-state index contributed by atoms with van der Waals surface area (Å²) in [5.74, 6) is 1.64. The van der Waals surface area contributed by atoms with Crippen molar-refractivity contribution in [3.8, 4) is 0 Å². The lowest BCUT2D eigenvalue weighted by Crippen LogP contribution is -2.38. The van der Waals surface area contributed by atoms with E-state index in [1.165, 1.54) is 49.5 Å². The summed E-state index contributed by atoms with van der Waals surface area (Å²) in [7, 11) is 0. The van der Waals surface area contributed by atoms with E-state index in [9.17, 15) is 0 Å². The number of likely N-dealkylation sites (tertiary alicyclic amines) is 1. The molecule has 1 saturated heterocycles. The largest absolute Gasteiger partial charge is 0.327 e. The molecule has 2 heterocycles. The molecule has 3 nitrogen and oxygen atoms in total. The first-order valence-electron chi connectivity index (χ1n) is 7.11. The molecule has 100 valence electrons. The third-order valence-electron chi connectivity index (χ3n) is 4.73. The predicted octanol–water partition coefficient (Wildman–Crippen LogP) is 2.05. The van der Waals surface area contributed by atoms with E-state index < -0.39 is 0 Å². The van der Waals surface area contributed by atoms with Crippen molar-refractivity contribution >= 4 is 11.3 Å². The quantitative estimate of drug-likeness (QED) is 0.909. The lowest BCUT2D eigenvalue weighted by molar-refractivity contribution is 0.259. The van der Waals surface area contributed by atoms with Crippen molar-refractivity contribution in [2.75, 3.05) is 19.6 Å². The van der Waals surface area contributed by atoms with Gasteiger partial charge in [-0.1, -0.05) is 6.42 Å². The van der Waals surface area contributed by atoms with E-state index >= 15 is 0 Å². The lowest BCUT2D eigenvalue weighted by Gasteiger charge is -2.29. The molecule has 18 heavy (non-hydrogen) atoms. The number of aromatic nitrogens is 1. The van der Waals surface area contributed by atoms with Crippen LogP contribution in [0.15, 0.2) is 5.51 Å². The van der Waals surface area contributed by atoms with Gasteiger partial charge in [0.05, 0.1) is 11.2 Å². The monoisotopic (exact) mass is 265 g/mol. The van der Waals surface area contributed by atoms with Crippen LogP contribution in [-0.4, -0.2) is 35.6 Å². The minimum Gasteiger partial charge on any atom is -0.327 e.